The molecule has 1 saturated carbocycles. The van der Waals surface area contributed by atoms with Crippen molar-refractivity contribution < 1.29 is 4.79 Å². The number of amides is 1. The van der Waals surface area contributed by atoms with E-state index in [9.17, 15) is 4.79 Å². The smallest absolute Gasteiger partial charge is 0.219 e. The van der Waals surface area contributed by atoms with Gasteiger partial charge in [0, 0.05) is 26.1 Å². The van der Waals surface area contributed by atoms with Crippen LogP contribution in [0.25, 0.3) is 0 Å². The third kappa shape index (κ3) is 1.29. The monoisotopic (exact) mass is 142 g/mol. The summed E-state index contributed by atoms with van der Waals surface area (Å²) < 4.78 is 0. The number of rotatable bonds is 1. The summed E-state index contributed by atoms with van der Waals surface area (Å²) in [4.78, 5) is 12.5. The molecule has 0 bridgehead atoms. The van der Waals surface area contributed by atoms with E-state index in [1.165, 1.54) is 0 Å². The van der Waals surface area contributed by atoms with Crippen LogP contribution in [0, 0.1) is 0 Å². The maximum Gasteiger partial charge on any atom is 0.219 e. The van der Waals surface area contributed by atoms with Gasteiger partial charge in [0.2, 0.25) is 5.91 Å². The van der Waals surface area contributed by atoms with Crippen molar-refractivity contribution in [2.45, 2.75) is 31.8 Å². The minimum Gasteiger partial charge on any atom is -0.343 e. The van der Waals surface area contributed by atoms with Crippen molar-refractivity contribution in [2.75, 3.05) is 7.05 Å². The van der Waals surface area contributed by atoms with Crippen LogP contribution >= 0.6 is 0 Å². The van der Waals surface area contributed by atoms with Gasteiger partial charge in [-0.25, -0.2) is 0 Å². The second-order valence-corrected chi connectivity index (χ2v) is 3.02. The lowest BCUT2D eigenvalue weighted by molar-refractivity contribution is -0.131. The van der Waals surface area contributed by atoms with Crippen LogP contribution < -0.4 is 5.73 Å². The first-order valence-electron chi connectivity index (χ1n) is 3.60. The lowest BCUT2D eigenvalue weighted by Gasteiger charge is -2.38. The molecule has 1 fully saturated rings. The van der Waals surface area contributed by atoms with Gasteiger partial charge in [-0.15, -0.1) is 0 Å². The SMILES string of the molecule is CC(=O)N(C)C1CC(N)C1. The van der Waals surface area contributed by atoms with Gasteiger partial charge in [0.25, 0.3) is 0 Å². The minimum atomic E-state index is 0.136. The number of nitrogens with zero attached hydrogens (tertiary/aromatic N) is 1. The molecule has 1 aliphatic carbocycles. The summed E-state index contributed by atoms with van der Waals surface area (Å²) in [7, 11) is 1.83. The van der Waals surface area contributed by atoms with Crippen LogP contribution in [0.4, 0.5) is 0 Å². The molecule has 0 heterocycles. The highest BCUT2D eigenvalue weighted by atomic mass is 16.2. The molecule has 0 aromatic rings. The van der Waals surface area contributed by atoms with Crippen LogP contribution in [-0.2, 0) is 4.79 Å². The van der Waals surface area contributed by atoms with Gasteiger partial charge in [-0.1, -0.05) is 0 Å². The summed E-state index contributed by atoms with van der Waals surface area (Å²) in [6, 6.07) is 0.735. The van der Waals surface area contributed by atoms with Crippen LogP contribution in [-0.4, -0.2) is 29.9 Å². The first kappa shape index (κ1) is 7.54. The van der Waals surface area contributed by atoms with Gasteiger partial charge in [0.1, 0.15) is 0 Å². The maximum atomic E-state index is 10.8. The van der Waals surface area contributed by atoms with Gasteiger partial charge in [-0.05, 0) is 12.8 Å². The molecule has 2 N–H and O–H groups in total. The van der Waals surface area contributed by atoms with Gasteiger partial charge < -0.3 is 10.6 Å². The molecular weight excluding hydrogens is 128 g/mol. The fraction of sp³-hybridized carbons (Fsp3) is 0.857. The van der Waals surface area contributed by atoms with Crippen molar-refractivity contribution in [2.24, 2.45) is 5.73 Å². The van der Waals surface area contributed by atoms with Crippen LogP contribution in [0.3, 0.4) is 0 Å². The van der Waals surface area contributed by atoms with E-state index in [2.05, 4.69) is 0 Å². The molecule has 0 atom stereocenters. The summed E-state index contributed by atoms with van der Waals surface area (Å²) >= 11 is 0. The Balaban J connectivity index is 2.31. The lowest BCUT2D eigenvalue weighted by atomic mass is 9.86. The molecule has 0 spiro atoms. The molecule has 1 aliphatic rings. The first-order valence-corrected chi connectivity index (χ1v) is 3.60. The summed E-state index contributed by atoms with van der Waals surface area (Å²) in [6.07, 6.45) is 1.94. The summed E-state index contributed by atoms with van der Waals surface area (Å²) in [5.74, 6) is 0.136. The Labute approximate surface area is 61.2 Å². The van der Waals surface area contributed by atoms with Crippen molar-refractivity contribution in [1.29, 1.82) is 0 Å². The fourth-order valence-electron chi connectivity index (χ4n) is 1.20. The van der Waals surface area contributed by atoms with E-state index < -0.39 is 0 Å². The number of hydrogen-bond donors (Lipinski definition) is 1. The van der Waals surface area contributed by atoms with Crippen molar-refractivity contribution in [3.63, 3.8) is 0 Å². The topological polar surface area (TPSA) is 46.3 Å². The molecule has 0 aromatic carbocycles. The minimum absolute atomic E-state index is 0.136. The lowest BCUT2D eigenvalue weighted by Crippen LogP contribution is -2.50. The molecule has 58 valence electrons. The molecule has 3 nitrogen and oxygen atoms in total. The van der Waals surface area contributed by atoms with Crippen LogP contribution in [0.5, 0.6) is 0 Å². The Hall–Kier alpha value is -0.570. The Bertz CT molecular complexity index is 141. The van der Waals surface area contributed by atoms with Gasteiger partial charge in [-0.2, -0.15) is 0 Å². The Morgan fingerprint density at radius 2 is 2.10 bits per heavy atom. The maximum absolute atomic E-state index is 10.8. The molecular formula is C7H14N2O. The Morgan fingerprint density at radius 3 is 2.40 bits per heavy atom. The van der Waals surface area contributed by atoms with Crippen molar-refractivity contribution in [3.05, 3.63) is 0 Å². The molecule has 0 saturated heterocycles. The third-order valence-electron chi connectivity index (χ3n) is 2.19. The van der Waals surface area contributed by atoms with Gasteiger partial charge in [0.15, 0.2) is 0 Å². The number of carbonyl (C=O) groups is 1. The van der Waals surface area contributed by atoms with E-state index in [4.69, 9.17) is 5.73 Å². The van der Waals surface area contributed by atoms with Crippen LogP contribution in [0.2, 0.25) is 0 Å². The zero-order chi connectivity index (χ0) is 7.72. The van der Waals surface area contributed by atoms with Gasteiger partial charge >= 0.3 is 0 Å². The fourth-order valence-corrected chi connectivity index (χ4v) is 1.20. The van der Waals surface area contributed by atoms with Gasteiger partial charge in [0.05, 0.1) is 0 Å². The molecule has 0 radical (unpaired) electrons. The summed E-state index contributed by atoms with van der Waals surface area (Å²) in [5, 5.41) is 0. The van der Waals surface area contributed by atoms with Gasteiger partial charge in [-0.3, -0.25) is 4.79 Å². The average Bonchev–Trinajstić information content (AvgIpc) is 1.79. The predicted octanol–water partition coefficient (Wildman–Crippen LogP) is -0.0456. The second kappa shape index (κ2) is 2.58. The zero-order valence-corrected chi connectivity index (χ0v) is 6.50. The highest BCUT2D eigenvalue weighted by Gasteiger charge is 2.30. The number of carbonyl (C=O) groups excluding carboxylic acids is 1. The molecule has 1 amide bonds. The summed E-state index contributed by atoms with van der Waals surface area (Å²) in [5.41, 5.74) is 5.57. The highest BCUT2D eigenvalue weighted by Crippen LogP contribution is 2.22. The molecule has 0 aliphatic heterocycles. The Kier molecular flexibility index (Phi) is 1.94. The third-order valence-corrected chi connectivity index (χ3v) is 2.19. The second-order valence-electron chi connectivity index (χ2n) is 3.02. The van der Waals surface area contributed by atoms with E-state index in [1.54, 1.807) is 11.8 Å². The van der Waals surface area contributed by atoms with E-state index in [1.807, 2.05) is 7.05 Å². The highest BCUT2D eigenvalue weighted by molar-refractivity contribution is 5.73. The molecule has 0 unspecified atom stereocenters. The number of hydrogen-bond acceptors (Lipinski definition) is 2. The van der Waals surface area contributed by atoms with Crippen LogP contribution in [0.15, 0.2) is 0 Å². The largest absolute Gasteiger partial charge is 0.343 e. The summed E-state index contributed by atoms with van der Waals surface area (Å²) in [6.45, 7) is 1.59. The zero-order valence-electron chi connectivity index (χ0n) is 6.50. The predicted molar refractivity (Wildman–Crippen MR) is 39.4 cm³/mol. The van der Waals surface area contributed by atoms with E-state index in [0.29, 0.717) is 12.1 Å². The molecule has 1 rings (SSSR count). The van der Waals surface area contributed by atoms with E-state index in [0.717, 1.165) is 12.8 Å². The normalized spacial score (nSPS) is 31.1. The van der Waals surface area contributed by atoms with E-state index >= 15 is 0 Å². The standard InChI is InChI=1S/C7H14N2O/c1-5(10)9(2)7-3-6(8)4-7/h6-7H,3-4,8H2,1-2H3. The van der Waals surface area contributed by atoms with E-state index in [-0.39, 0.29) is 5.91 Å². The van der Waals surface area contributed by atoms with Crippen molar-refractivity contribution in [3.8, 4) is 0 Å². The number of nitrogens with two attached hydrogens (primary N) is 1. The molecule has 10 heavy (non-hydrogen) atoms. The first-order chi connectivity index (χ1) is 4.61. The molecule has 0 aromatic heterocycles. The Morgan fingerprint density at radius 1 is 1.60 bits per heavy atom. The average molecular weight is 142 g/mol. The molecule has 3 heteroatoms. The quantitative estimate of drug-likeness (QED) is 0.558. The van der Waals surface area contributed by atoms with Crippen molar-refractivity contribution >= 4 is 5.91 Å². The van der Waals surface area contributed by atoms with Crippen LogP contribution in [0.1, 0.15) is 19.8 Å². The van der Waals surface area contributed by atoms with Crippen molar-refractivity contribution in [1.82, 2.24) is 4.90 Å².